The summed E-state index contributed by atoms with van der Waals surface area (Å²) in [4.78, 5) is 23.9. The minimum Gasteiger partial charge on any atom is -0.481 e. The van der Waals surface area contributed by atoms with E-state index in [0.29, 0.717) is 25.2 Å². The monoisotopic (exact) mass is 299 g/mol. The second-order valence-electron chi connectivity index (χ2n) is 7.24. The van der Waals surface area contributed by atoms with Crippen LogP contribution in [0.25, 0.3) is 0 Å². The molecule has 0 aromatic heterocycles. The fraction of sp³-hybridized carbons (Fsp3) is 0.875. The second kappa shape index (κ2) is 7.25. The van der Waals surface area contributed by atoms with Crippen molar-refractivity contribution >= 4 is 11.9 Å². The molecule has 0 saturated heterocycles. The lowest BCUT2D eigenvalue weighted by Crippen LogP contribution is -2.47. The molecule has 0 radical (unpaired) electrons. The quantitative estimate of drug-likeness (QED) is 0.700. The van der Waals surface area contributed by atoms with Crippen molar-refractivity contribution in [3.8, 4) is 0 Å². The Labute approximate surface area is 127 Å². The van der Waals surface area contributed by atoms with Gasteiger partial charge in [0.2, 0.25) is 5.91 Å². The lowest BCUT2D eigenvalue weighted by atomic mass is 9.84. The van der Waals surface area contributed by atoms with E-state index in [4.69, 9.17) is 5.11 Å². The van der Waals surface area contributed by atoms with Crippen molar-refractivity contribution in [2.75, 3.05) is 6.61 Å². The minimum absolute atomic E-state index is 0.00677. The molecule has 0 aliphatic heterocycles. The number of aliphatic hydroxyl groups excluding tert-OH is 1. The van der Waals surface area contributed by atoms with E-state index in [0.717, 1.165) is 6.42 Å². The van der Waals surface area contributed by atoms with Crippen LogP contribution in [-0.2, 0) is 9.59 Å². The lowest BCUT2D eigenvalue weighted by Gasteiger charge is -2.32. The molecule has 5 nitrogen and oxygen atoms in total. The highest BCUT2D eigenvalue weighted by molar-refractivity contribution is 5.85. The highest BCUT2D eigenvalue weighted by Gasteiger charge is 2.43. The van der Waals surface area contributed by atoms with Crippen molar-refractivity contribution in [2.45, 2.75) is 59.4 Å². The maximum Gasteiger partial charge on any atom is 0.307 e. The molecule has 0 aromatic carbocycles. The normalized spacial score (nSPS) is 27.4. The molecule has 0 heterocycles. The number of carbonyl (C=O) groups is 2. The van der Waals surface area contributed by atoms with E-state index >= 15 is 0 Å². The molecule has 5 heteroatoms. The summed E-state index contributed by atoms with van der Waals surface area (Å²) in [6, 6.07) is -0.148. The highest BCUT2D eigenvalue weighted by atomic mass is 16.4. The molecule has 1 saturated carbocycles. The first-order valence-electron chi connectivity index (χ1n) is 7.84. The Morgan fingerprint density at radius 2 is 1.81 bits per heavy atom. The van der Waals surface area contributed by atoms with Crippen LogP contribution in [-0.4, -0.2) is 34.7 Å². The molecule has 0 bridgehead atoms. The lowest BCUT2D eigenvalue weighted by molar-refractivity contribution is -0.146. The molecule has 4 unspecified atom stereocenters. The van der Waals surface area contributed by atoms with E-state index < -0.39 is 17.8 Å². The van der Waals surface area contributed by atoms with Gasteiger partial charge in [0.15, 0.2) is 0 Å². The van der Waals surface area contributed by atoms with Crippen molar-refractivity contribution < 1.29 is 19.8 Å². The molecular weight excluding hydrogens is 270 g/mol. The van der Waals surface area contributed by atoms with Crippen molar-refractivity contribution in [1.82, 2.24) is 5.32 Å². The first kappa shape index (κ1) is 18.0. The molecule has 1 aliphatic rings. The van der Waals surface area contributed by atoms with E-state index in [1.165, 1.54) is 0 Å². The van der Waals surface area contributed by atoms with Gasteiger partial charge >= 0.3 is 5.97 Å². The van der Waals surface area contributed by atoms with Gasteiger partial charge in [-0.25, -0.2) is 0 Å². The van der Waals surface area contributed by atoms with Gasteiger partial charge in [-0.2, -0.15) is 0 Å². The van der Waals surface area contributed by atoms with E-state index in [1.54, 1.807) is 0 Å². The van der Waals surface area contributed by atoms with Gasteiger partial charge < -0.3 is 15.5 Å². The molecule has 122 valence electrons. The summed E-state index contributed by atoms with van der Waals surface area (Å²) >= 11 is 0. The Bertz CT molecular complexity index is 375. The Kier molecular flexibility index (Phi) is 6.20. The summed E-state index contributed by atoms with van der Waals surface area (Å²) in [6.45, 7) is 8.06. The molecule has 1 fully saturated rings. The van der Waals surface area contributed by atoms with Gasteiger partial charge in [-0.05, 0) is 30.6 Å². The molecule has 1 rings (SSSR count). The average Bonchev–Trinajstić information content (AvgIpc) is 2.81. The van der Waals surface area contributed by atoms with E-state index in [2.05, 4.69) is 5.32 Å². The van der Waals surface area contributed by atoms with Crippen LogP contribution < -0.4 is 5.32 Å². The zero-order valence-corrected chi connectivity index (χ0v) is 13.6. The second-order valence-corrected chi connectivity index (χ2v) is 7.24. The molecule has 3 N–H and O–H groups in total. The number of aliphatic hydroxyl groups is 1. The summed E-state index contributed by atoms with van der Waals surface area (Å²) in [7, 11) is 0. The Morgan fingerprint density at radius 3 is 2.24 bits per heavy atom. The zero-order chi connectivity index (χ0) is 16.2. The number of carboxylic acids is 1. The Morgan fingerprint density at radius 1 is 1.24 bits per heavy atom. The molecule has 4 atom stereocenters. The summed E-state index contributed by atoms with van der Waals surface area (Å²) in [5, 5.41) is 21.4. The predicted molar refractivity (Wildman–Crippen MR) is 80.7 cm³/mol. The number of aliphatic carboxylic acids is 1. The first-order chi connectivity index (χ1) is 9.70. The smallest absolute Gasteiger partial charge is 0.307 e. The maximum atomic E-state index is 12.5. The molecule has 0 aromatic rings. The number of carbonyl (C=O) groups excluding carboxylic acids is 1. The standard InChI is InChI=1S/C16H29NO4/c1-5-10-8-11(12(9-10)15(20)21)14(19)17-13(6-7-18)16(2,3)4/h10-13,18H,5-9H2,1-4H3,(H,17,19)(H,20,21). The van der Waals surface area contributed by atoms with Crippen LogP contribution in [0.5, 0.6) is 0 Å². The molecule has 0 spiro atoms. The SMILES string of the molecule is CCC1CC(C(=O)O)C(C(=O)NC(CCO)C(C)(C)C)C1. The van der Waals surface area contributed by atoms with Crippen molar-refractivity contribution in [3.05, 3.63) is 0 Å². The largest absolute Gasteiger partial charge is 0.481 e. The van der Waals surface area contributed by atoms with Gasteiger partial charge in [-0.1, -0.05) is 34.1 Å². The van der Waals surface area contributed by atoms with Crippen LogP contribution in [0.15, 0.2) is 0 Å². The van der Waals surface area contributed by atoms with Crippen LogP contribution in [0.1, 0.15) is 53.4 Å². The van der Waals surface area contributed by atoms with Crippen LogP contribution >= 0.6 is 0 Å². The summed E-state index contributed by atoms with van der Waals surface area (Å²) in [5.41, 5.74) is -0.167. The number of carboxylic acid groups (broad SMARTS) is 1. The summed E-state index contributed by atoms with van der Waals surface area (Å²) < 4.78 is 0. The number of nitrogens with one attached hydrogen (secondary N) is 1. The fourth-order valence-electron chi connectivity index (χ4n) is 3.17. The molecule has 1 amide bonds. The third kappa shape index (κ3) is 4.70. The number of hydrogen-bond donors (Lipinski definition) is 3. The van der Waals surface area contributed by atoms with Crippen LogP contribution in [0, 0.1) is 23.2 Å². The van der Waals surface area contributed by atoms with Gasteiger partial charge in [0.05, 0.1) is 11.8 Å². The molecular formula is C16H29NO4. The minimum atomic E-state index is -0.874. The molecule has 1 aliphatic carbocycles. The Balaban J connectivity index is 2.78. The number of amides is 1. The topological polar surface area (TPSA) is 86.6 Å². The van der Waals surface area contributed by atoms with Gasteiger partial charge in [0.25, 0.3) is 0 Å². The Hall–Kier alpha value is -1.10. The summed E-state index contributed by atoms with van der Waals surface area (Å²) in [6.07, 6.45) is 2.63. The van der Waals surface area contributed by atoms with Gasteiger partial charge in [-0.3, -0.25) is 9.59 Å². The average molecular weight is 299 g/mol. The number of rotatable bonds is 6. The first-order valence-corrected chi connectivity index (χ1v) is 7.84. The fourth-order valence-corrected chi connectivity index (χ4v) is 3.17. The number of hydrogen-bond acceptors (Lipinski definition) is 3. The van der Waals surface area contributed by atoms with E-state index in [-0.39, 0.29) is 24.0 Å². The van der Waals surface area contributed by atoms with Crippen LogP contribution in [0.4, 0.5) is 0 Å². The van der Waals surface area contributed by atoms with Crippen LogP contribution in [0.3, 0.4) is 0 Å². The summed E-state index contributed by atoms with van der Waals surface area (Å²) in [5.74, 6) is -1.76. The third-order valence-corrected chi connectivity index (χ3v) is 4.67. The van der Waals surface area contributed by atoms with E-state index in [9.17, 15) is 14.7 Å². The van der Waals surface area contributed by atoms with Gasteiger partial charge in [-0.15, -0.1) is 0 Å². The van der Waals surface area contributed by atoms with Crippen LogP contribution in [0.2, 0.25) is 0 Å². The maximum absolute atomic E-state index is 12.5. The third-order valence-electron chi connectivity index (χ3n) is 4.67. The van der Waals surface area contributed by atoms with E-state index in [1.807, 2.05) is 27.7 Å². The van der Waals surface area contributed by atoms with Gasteiger partial charge in [0, 0.05) is 12.6 Å². The van der Waals surface area contributed by atoms with Crippen molar-refractivity contribution in [2.24, 2.45) is 23.2 Å². The van der Waals surface area contributed by atoms with Gasteiger partial charge in [0.1, 0.15) is 0 Å². The zero-order valence-electron chi connectivity index (χ0n) is 13.6. The predicted octanol–water partition coefficient (Wildman–Crippen LogP) is 2.04. The van der Waals surface area contributed by atoms with Crippen molar-refractivity contribution in [3.63, 3.8) is 0 Å². The molecule has 21 heavy (non-hydrogen) atoms. The van der Waals surface area contributed by atoms with Crippen molar-refractivity contribution in [1.29, 1.82) is 0 Å². The highest BCUT2D eigenvalue weighted by Crippen LogP contribution is 2.38.